The van der Waals surface area contributed by atoms with E-state index in [0.717, 1.165) is 54.9 Å². The molecule has 8 nitrogen and oxygen atoms in total. The minimum atomic E-state index is -0.923. The van der Waals surface area contributed by atoms with Gasteiger partial charge in [-0.3, -0.25) is 28.9 Å². The highest BCUT2D eigenvalue weighted by atomic mass is 19.1. The molecule has 2 aromatic rings. The van der Waals surface area contributed by atoms with Crippen molar-refractivity contribution in [3.8, 4) is 0 Å². The Morgan fingerprint density at radius 2 is 1.82 bits per heavy atom. The normalized spacial score (nSPS) is 30.9. The summed E-state index contributed by atoms with van der Waals surface area (Å²) < 4.78 is 24.3. The lowest BCUT2D eigenvalue weighted by molar-refractivity contribution is -0.135. The standard InChI is InChI=1S/C30H41FN4O4/c1-33-28-22(8-5-9-24(28)35(30(33)38)25-10-11-27(36)32-29(25)37)21-14-20(15-21)18-39-26-12-13-34(17-23(26)31)16-19-6-3-2-4-7-19/h5,8-9,19-21,23,25-26H,2-4,6-7,10-18H2,1H3,(H,32,36,37)/t20?,21?,23-,25?,26+/m0/s1. The topological polar surface area (TPSA) is 85.6 Å². The number of amides is 2. The molecule has 1 aromatic carbocycles. The molecule has 39 heavy (non-hydrogen) atoms. The number of benzene rings is 1. The van der Waals surface area contributed by atoms with Crippen LogP contribution in [0.3, 0.4) is 0 Å². The highest BCUT2D eigenvalue weighted by molar-refractivity contribution is 6.00. The smallest absolute Gasteiger partial charge is 0.329 e. The maximum atomic E-state index is 15.0. The molecule has 212 valence electrons. The third-order valence-corrected chi connectivity index (χ3v) is 9.68. The predicted octanol–water partition coefficient (Wildman–Crippen LogP) is 3.82. The minimum Gasteiger partial charge on any atom is -0.375 e. The van der Waals surface area contributed by atoms with E-state index in [1.165, 1.54) is 32.1 Å². The summed E-state index contributed by atoms with van der Waals surface area (Å²) in [6.07, 6.45) is 8.54. The number of fused-ring (bicyclic) bond motifs is 1. The van der Waals surface area contributed by atoms with E-state index in [9.17, 15) is 18.8 Å². The van der Waals surface area contributed by atoms with Gasteiger partial charge in [0.1, 0.15) is 12.2 Å². The molecule has 2 saturated carbocycles. The van der Waals surface area contributed by atoms with Crippen LogP contribution in [0.15, 0.2) is 23.0 Å². The first kappa shape index (κ1) is 26.7. The van der Waals surface area contributed by atoms with Crippen LogP contribution in [0.25, 0.3) is 11.0 Å². The number of hydrogen-bond donors (Lipinski definition) is 1. The average molecular weight is 541 g/mol. The Labute approximate surface area is 228 Å². The molecule has 4 aliphatic rings. The number of halogens is 1. The van der Waals surface area contributed by atoms with Crippen LogP contribution in [0.5, 0.6) is 0 Å². The molecule has 1 unspecified atom stereocenters. The number of imide groups is 1. The lowest BCUT2D eigenvalue weighted by Gasteiger charge is -2.40. The summed E-state index contributed by atoms with van der Waals surface area (Å²) in [5.74, 6) is 0.700. The Hall–Kier alpha value is -2.52. The highest BCUT2D eigenvalue weighted by Gasteiger charge is 2.37. The second kappa shape index (κ2) is 11.2. The SMILES string of the molecule is Cn1c(=O)n(C2CCC(=O)NC2=O)c2cccc(C3CC(CO[C@@H]4CCN(CC5CCCCC5)C[C@@H]4F)C3)c21. The fraction of sp³-hybridized carbons (Fsp3) is 0.700. The molecule has 0 bridgehead atoms. The number of ether oxygens (including phenoxy) is 1. The molecule has 1 N–H and O–H groups in total. The molecule has 3 heterocycles. The number of carbonyl (C=O) groups excluding carboxylic acids is 2. The average Bonchev–Trinajstić information content (AvgIpc) is 3.15. The number of nitrogens with zero attached hydrogens (tertiary/aromatic N) is 3. The van der Waals surface area contributed by atoms with Gasteiger partial charge in [0, 0.05) is 39.7 Å². The van der Waals surface area contributed by atoms with Gasteiger partial charge >= 0.3 is 5.69 Å². The van der Waals surface area contributed by atoms with Crippen molar-refractivity contribution >= 4 is 22.8 Å². The molecule has 1 aromatic heterocycles. The van der Waals surface area contributed by atoms with Crippen LogP contribution in [0, 0.1) is 11.8 Å². The van der Waals surface area contributed by atoms with E-state index < -0.39 is 18.1 Å². The van der Waals surface area contributed by atoms with Gasteiger partial charge in [0.15, 0.2) is 0 Å². The molecule has 0 radical (unpaired) electrons. The monoisotopic (exact) mass is 540 g/mol. The molecule has 3 atom stereocenters. The predicted molar refractivity (Wildman–Crippen MR) is 146 cm³/mol. The van der Waals surface area contributed by atoms with E-state index in [0.29, 0.717) is 31.4 Å². The van der Waals surface area contributed by atoms with E-state index in [4.69, 9.17) is 4.74 Å². The first-order chi connectivity index (χ1) is 18.9. The Morgan fingerprint density at radius 1 is 1.03 bits per heavy atom. The molecule has 6 rings (SSSR count). The summed E-state index contributed by atoms with van der Waals surface area (Å²) in [5, 5.41) is 2.37. The van der Waals surface area contributed by atoms with Crippen LogP contribution < -0.4 is 11.0 Å². The Balaban J connectivity index is 1.05. The number of likely N-dealkylation sites (tertiary alicyclic amines) is 1. The molecular formula is C30H41FN4O4. The van der Waals surface area contributed by atoms with Crippen molar-refractivity contribution in [2.75, 3.05) is 26.2 Å². The summed E-state index contributed by atoms with van der Waals surface area (Å²) in [4.78, 5) is 39.7. The number of imidazole rings is 1. The zero-order valence-electron chi connectivity index (χ0n) is 22.9. The quantitative estimate of drug-likeness (QED) is 0.540. The van der Waals surface area contributed by atoms with Crippen LogP contribution in [0.2, 0.25) is 0 Å². The maximum Gasteiger partial charge on any atom is 0.329 e. The lowest BCUT2D eigenvalue weighted by atomic mass is 9.71. The molecule has 2 aliphatic heterocycles. The fourth-order valence-corrected chi connectivity index (χ4v) is 7.45. The Bertz CT molecular complexity index is 1280. The number of carbonyl (C=O) groups is 2. The summed E-state index contributed by atoms with van der Waals surface area (Å²) in [5.41, 5.74) is 2.45. The van der Waals surface area contributed by atoms with Gasteiger partial charge < -0.3 is 4.74 Å². The second-order valence-corrected chi connectivity index (χ2v) is 12.4. The van der Waals surface area contributed by atoms with Gasteiger partial charge in [-0.15, -0.1) is 0 Å². The summed E-state index contributed by atoms with van der Waals surface area (Å²) in [6, 6.07) is 5.21. The van der Waals surface area contributed by atoms with Gasteiger partial charge in [-0.2, -0.15) is 0 Å². The van der Waals surface area contributed by atoms with Crippen LogP contribution in [-0.2, 0) is 21.4 Å². The Kier molecular flexibility index (Phi) is 7.64. The molecule has 0 spiro atoms. The van der Waals surface area contributed by atoms with E-state index in [2.05, 4.69) is 16.3 Å². The van der Waals surface area contributed by atoms with Crippen molar-refractivity contribution in [3.63, 3.8) is 0 Å². The zero-order chi connectivity index (χ0) is 27.1. The van der Waals surface area contributed by atoms with Gasteiger partial charge in [0.05, 0.1) is 17.1 Å². The zero-order valence-corrected chi connectivity index (χ0v) is 22.9. The summed E-state index contributed by atoms with van der Waals surface area (Å²) >= 11 is 0. The van der Waals surface area contributed by atoms with Gasteiger partial charge in [-0.1, -0.05) is 31.4 Å². The third-order valence-electron chi connectivity index (χ3n) is 9.68. The van der Waals surface area contributed by atoms with Crippen LogP contribution >= 0.6 is 0 Å². The molecule has 2 aliphatic carbocycles. The van der Waals surface area contributed by atoms with Gasteiger partial charge in [0.25, 0.3) is 0 Å². The Morgan fingerprint density at radius 3 is 2.56 bits per heavy atom. The van der Waals surface area contributed by atoms with Crippen LogP contribution in [-0.4, -0.2) is 64.4 Å². The van der Waals surface area contributed by atoms with Crippen molar-refractivity contribution < 1.29 is 18.7 Å². The first-order valence-electron chi connectivity index (χ1n) is 14.9. The largest absolute Gasteiger partial charge is 0.375 e. The van der Waals surface area contributed by atoms with Gasteiger partial charge in [-0.25, -0.2) is 9.18 Å². The number of nitrogens with one attached hydrogen (secondary N) is 1. The van der Waals surface area contributed by atoms with E-state index in [1.54, 1.807) is 16.2 Å². The number of alkyl halides is 1. The summed E-state index contributed by atoms with van der Waals surface area (Å²) in [6.45, 7) is 3.04. The van der Waals surface area contributed by atoms with Crippen LogP contribution in [0.1, 0.15) is 81.7 Å². The van der Waals surface area contributed by atoms with Crippen molar-refractivity contribution in [2.24, 2.45) is 18.9 Å². The van der Waals surface area contributed by atoms with Gasteiger partial charge in [-0.05, 0) is 67.9 Å². The maximum absolute atomic E-state index is 15.0. The second-order valence-electron chi connectivity index (χ2n) is 12.4. The van der Waals surface area contributed by atoms with E-state index in [1.807, 2.05) is 12.1 Å². The number of aromatic nitrogens is 2. The minimum absolute atomic E-state index is 0.225. The van der Waals surface area contributed by atoms with E-state index in [-0.39, 0.29) is 24.1 Å². The van der Waals surface area contributed by atoms with Crippen molar-refractivity contribution in [2.45, 2.75) is 88.4 Å². The molecule has 9 heteroatoms. The number of aryl methyl sites for hydroxylation is 1. The van der Waals surface area contributed by atoms with Crippen molar-refractivity contribution in [1.29, 1.82) is 0 Å². The molecule has 2 amide bonds. The van der Waals surface area contributed by atoms with Crippen molar-refractivity contribution in [1.82, 2.24) is 19.4 Å². The van der Waals surface area contributed by atoms with E-state index >= 15 is 0 Å². The lowest BCUT2D eigenvalue weighted by Crippen LogP contribution is -2.48. The third kappa shape index (κ3) is 5.32. The van der Waals surface area contributed by atoms with Crippen LogP contribution in [0.4, 0.5) is 4.39 Å². The number of hydrogen-bond acceptors (Lipinski definition) is 5. The number of rotatable bonds is 7. The molecule has 4 fully saturated rings. The number of piperidine rings is 2. The first-order valence-corrected chi connectivity index (χ1v) is 14.9. The fourth-order valence-electron chi connectivity index (χ4n) is 7.45. The molecule has 2 saturated heterocycles. The highest BCUT2D eigenvalue weighted by Crippen LogP contribution is 2.44. The van der Waals surface area contributed by atoms with Gasteiger partial charge in [0.2, 0.25) is 11.8 Å². The van der Waals surface area contributed by atoms with Crippen molar-refractivity contribution in [3.05, 3.63) is 34.2 Å². The molecular weight excluding hydrogens is 499 g/mol. The summed E-state index contributed by atoms with van der Waals surface area (Å²) in [7, 11) is 1.75. The number of para-hydroxylation sites is 1.